The van der Waals surface area contributed by atoms with Crippen LogP contribution in [0.2, 0.25) is 0 Å². The summed E-state index contributed by atoms with van der Waals surface area (Å²) in [6, 6.07) is 5.46. The van der Waals surface area contributed by atoms with Crippen molar-refractivity contribution in [3.8, 4) is 0 Å². The van der Waals surface area contributed by atoms with E-state index >= 15 is 0 Å². The van der Waals surface area contributed by atoms with E-state index in [9.17, 15) is 14.0 Å². The van der Waals surface area contributed by atoms with Crippen molar-refractivity contribution < 1.29 is 18.7 Å². The minimum absolute atomic E-state index is 0.147. The molecule has 0 N–H and O–H groups in total. The van der Waals surface area contributed by atoms with Gasteiger partial charge in [-0.2, -0.15) is 0 Å². The SMILES string of the molecule is CCOC(=O)C(=O)Sc1cccc(F)c1. The first-order valence-corrected chi connectivity index (χ1v) is 5.09. The summed E-state index contributed by atoms with van der Waals surface area (Å²) in [5.41, 5.74) is 0. The summed E-state index contributed by atoms with van der Waals surface area (Å²) >= 11 is 0.652. The first kappa shape index (κ1) is 11.7. The topological polar surface area (TPSA) is 43.4 Å². The maximum Gasteiger partial charge on any atom is 0.386 e. The van der Waals surface area contributed by atoms with E-state index in [0.29, 0.717) is 16.7 Å². The van der Waals surface area contributed by atoms with Gasteiger partial charge in [-0.25, -0.2) is 9.18 Å². The van der Waals surface area contributed by atoms with Crippen molar-refractivity contribution in [3.63, 3.8) is 0 Å². The first-order valence-electron chi connectivity index (χ1n) is 4.28. The van der Waals surface area contributed by atoms with Crippen LogP contribution in [0.4, 0.5) is 4.39 Å². The third-order valence-corrected chi connectivity index (χ3v) is 2.29. The molecule has 0 fully saturated rings. The first-order chi connectivity index (χ1) is 7.13. The molecule has 0 aromatic heterocycles. The molecule has 0 spiro atoms. The van der Waals surface area contributed by atoms with E-state index in [1.54, 1.807) is 13.0 Å². The Bertz CT molecular complexity index is 379. The zero-order valence-corrected chi connectivity index (χ0v) is 8.84. The molecular formula is C10H9FO3S. The van der Waals surface area contributed by atoms with Gasteiger partial charge in [0.15, 0.2) is 0 Å². The Labute approximate surface area is 90.6 Å². The zero-order chi connectivity index (χ0) is 11.3. The molecule has 0 saturated carbocycles. The van der Waals surface area contributed by atoms with E-state index in [-0.39, 0.29) is 6.61 Å². The molecule has 0 heterocycles. The fourth-order valence-corrected chi connectivity index (χ4v) is 1.54. The molecule has 0 unspecified atom stereocenters. The largest absolute Gasteiger partial charge is 0.460 e. The van der Waals surface area contributed by atoms with E-state index in [0.717, 1.165) is 0 Å². The number of benzene rings is 1. The van der Waals surface area contributed by atoms with Gasteiger partial charge in [-0.05, 0) is 36.9 Å². The van der Waals surface area contributed by atoms with E-state index in [4.69, 9.17) is 0 Å². The van der Waals surface area contributed by atoms with Crippen LogP contribution in [-0.4, -0.2) is 17.7 Å². The van der Waals surface area contributed by atoms with Crippen molar-refractivity contribution in [2.24, 2.45) is 0 Å². The number of carbonyl (C=O) groups excluding carboxylic acids is 2. The maximum absolute atomic E-state index is 12.7. The van der Waals surface area contributed by atoms with Crippen LogP contribution < -0.4 is 0 Å². The highest BCUT2D eigenvalue weighted by molar-refractivity contribution is 8.15. The van der Waals surface area contributed by atoms with Gasteiger partial charge in [-0.15, -0.1) is 0 Å². The van der Waals surface area contributed by atoms with Crippen molar-refractivity contribution >= 4 is 22.8 Å². The van der Waals surface area contributed by atoms with Crippen molar-refractivity contribution in [2.75, 3.05) is 6.61 Å². The summed E-state index contributed by atoms with van der Waals surface area (Å²) in [4.78, 5) is 22.5. The number of halogens is 1. The Kier molecular flexibility index (Phi) is 4.30. The summed E-state index contributed by atoms with van der Waals surface area (Å²) < 4.78 is 17.2. The van der Waals surface area contributed by atoms with Crippen LogP contribution in [0.15, 0.2) is 29.2 Å². The summed E-state index contributed by atoms with van der Waals surface area (Å²) in [7, 11) is 0. The molecule has 3 nitrogen and oxygen atoms in total. The van der Waals surface area contributed by atoms with E-state index in [2.05, 4.69) is 4.74 Å². The lowest BCUT2D eigenvalue weighted by Crippen LogP contribution is -2.13. The molecule has 1 rings (SSSR count). The minimum Gasteiger partial charge on any atom is -0.460 e. The summed E-state index contributed by atoms with van der Waals surface area (Å²) in [6.45, 7) is 1.76. The van der Waals surface area contributed by atoms with Gasteiger partial charge in [-0.3, -0.25) is 4.79 Å². The van der Waals surface area contributed by atoms with Crippen LogP contribution in [0.3, 0.4) is 0 Å². The minimum atomic E-state index is -0.910. The molecule has 0 bridgehead atoms. The number of hydrogen-bond acceptors (Lipinski definition) is 4. The fraction of sp³-hybridized carbons (Fsp3) is 0.200. The molecule has 80 valence electrons. The van der Waals surface area contributed by atoms with Gasteiger partial charge < -0.3 is 4.74 Å². The molecule has 0 radical (unpaired) electrons. The Morgan fingerprint density at radius 2 is 2.20 bits per heavy atom. The van der Waals surface area contributed by atoms with Crippen molar-refractivity contribution in [1.82, 2.24) is 0 Å². The van der Waals surface area contributed by atoms with Crippen molar-refractivity contribution in [2.45, 2.75) is 11.8 Å². The summed E-state index contributed by atoms with van der Waals surface area (Å²) in [6.07, 6.45) is 0. The maximum atomic E-state index is 12.7. The van der Waals surface area contributed by atoms with Crippen LogP contribution in [0.1, 0.15) is 6.92 Å². The molecule has 5 heteroatoms. The molecule has 1 aromatic carbocycles. The second-order valence-electron chi connectivity index (χ2n) is 2.57. The van der Waals surface area contributed by atoms with Gasteiger partial charge in [0.25, 0.3) is 0 Å². The molecule has 0 saturated heterocycles. The lowest BCUT2D eigenvalue weighted by molar-refractivity contribution is -0.149. The number of carbonyl (C=O) groups is 2. The Morgan fingerprint density at radius 1 is 1.47 bits per heavy atom. The quantitative estimate of drug-likeness (QED) is 0.441. The highest BCUT2D eigenvalue weighted by atomic mass is 32.2. The van der Waals surface area contributed by atoms with Gasteiger partial charge in [-0.1, -0.05) is 6.07 Å². The van der Waals surface area contributed by atoms with Crippen LogP contribution in [-0.2, 0) is 14.3 Å². The number of rotatable bonds is 2. The van der Waals surface area contributed by atoms with Crippen LogP contribution in [0, 0.1) is 5.82 Å². The third kappa shape index (κ3) is 3.71. The van der Waals surface area contributed by atoms with E-state index in [1.807, 2.05) is 0 Å². The lowest BCUT2D eigenvalue weighted by atomic mass is 10.4. The normalized spacial score (nSPS) is 9.73. The molecule has 0 amide bonds. The van der Waals surface area contributed by atoms with Crippen molar-refractivity contribution in [3.05, 3.63) is 30.1 Å². The highest BCUT2D eigenvalue weighted by Crippen LogP contribution is 2.19. The number of thioether (sulfide) groups is 1. The molecular weight excluding hydrogens is 219 g/mol. The predicted molar refractivity (Wildman–Crippen MR) is 53.9 cm³/mol. The van der Waals surface area contributed by atoms with Gasteiger partial charge in [0, 0.05) is 4.90 Å². The Hall–Kier alpha value is -1.36. The fourth-order valence-electron chi connectivity index (χ4n) is 0.869. The van der Waals surface area contributed by atoms with Crippen LogP contribution in [0.5, 0.6) is 0 Å². The van der Waals surface area contributed by atoms with E-state index in [1.165, 1.54) is 18.2 Å². The summed E-state index contributed by atoms with van der Waals surface area (Å²) in [5, 5.41) is -0.748. The van der Waals surface area contributed by atoms with Gasteiger partial charge >= 0.3 is 11.1 Å². The molecule has 1 aromatic rings. The third-order valence-electron chi connectivity index (χ3n) is 1.45. The molecule has 15 heavy (non-hydrogen) atoms. The molecule has 0 aliphatic carbocycles. The zero-order valence-electron chi connectivity index (χ0n) is 8.03. The van der Waals surface area contributed by atoms with Gasteiger partial charge in [0.2, 0.25) is 0 Å². The second kappa shape index (κ2) is 5.50. The number of ether oxygens (including phenoxy) is 1. The molecule has 0 aliphatic rings. The average Bonchev–Trinajstić information content (AvgIpc) is 2.18. The number of esters is 1. The Balaban J connectivity index is 2.62. The van der Waals surface area contributed by atoms with Gasteiger partial charge in [0.05, 0.1) is 6.61 Å². The second-order valence-corrected chi connectivity index (χ2v) is 3.61. The van der Waals surface area contributed by atoms with E-state index < -0.39 is 16.9 Å². The lowest BCUT2D eigenvalue weighted by Gasteiger charge is -2.00. The predicted octanol–water partition coefficient (Wildman–Crippen LogP) is 2.01. The van der Waals surface area contributed by atoms with Crippen molar-refractivity contribution in [1.29, 1.82) is 0 Å². The highest BCUT2D eigenvalue weighted by Gasteiger charge is 2.16. The Morgan fingerprint density at radius 3 is 2.80 bits per heavy atom. The number of hydrogen-bond donors (Lipinski definition) is 0. The average molecular weight is 228 g/mol. The standard InChI is InChI=1S/C10H9FO3S/c1-2-14-9(12)10(13)15-8-5-3-4-7(11)6-8/h3-6H,2H2,1H3. The smallest absolute Gasteiger partial charge is 0.386 e. The van der Waals surface area contributed by atoms with Crippen LogP contribution in [0.25, 0.3) is 0 Å². The molecule has 0 aliphatic heterocycles. The monoisotopic (exact) mass is 228 g/mol. The summed E-state index contributed by atoms with van der Waals surface area (Å²) in [5.74, 6) is -1.36. The van der Waals surface area contributed by atoms with Crippen LogP contribution >= 0.6 is 11.8 Å². The van der Waals surface area contributed by atoms with Gasteiger partial charge in [0.1, 0.15) is 5.82 Å². The molecule has 0 atom stereocenters.